The first-order valence-electron chi connectivity index (χ1n) is 4.87. The highest BCUT2D eigenvalue weighted by molar-refractivity contribution is 5.06. The molecule has 2 nitrogen and oxygen atoms in total. The topological polar surface area (TPSA) is 15.3 Å². The molecule has 62 valence electrons. The lowest BCUT2D eigenvalue weighted by molar-refractivity contribution is 0.199. The molecule has 1 saturated carbocycles. The maximum Gasteiger partial charge on any atom is 0.0333 e. The van der Waals surface area contributed by atoms with Gasteiger partial charge in [0.15, 0.2) is 0 Å². The third kappa shape index (κ3) is 0.926. The van der Waals surface area contributed by atoms with Crippen LogP contribution in [-0.4, -0.2) is 36.1 Å². The van der Waals surface area contributed by atoms with Gasteiger partial charge in [-0.3, -0.25) is 4.90 Å². The van der Waals surface area contributed by atoms with Crippen molar-refractivity contribution in [1.82, 2.24) is 10.2 Å². The number of likely N-dealkylation sites (tertiary alicyclic amines) is 1. The summed E-state index contributed by atoms with van der Waals surface area (Å²) in [5, 5.41) is 3.59. The molecule has 2 heteroatoms. The molecule has 3 aliphatic rings. The van der Waals surface area contributed by atoms with Gasteiger partial charge in [0.05, 0.1) is 0 Å². The van der Waals surface area contributed by atoms with Crippen molar-refractivity contribution in [2.24, 2.45) is 0 Å². The normalized spacial score (nSPS) is 44.7. The first-order chi connectivity index (χ1) is 5.38. The van der Waals surface area contributed by atoms with E-state index in [2.05, 4.69) is 10.2 Å². The molecule has 2 heterocycles. The summed E-state index contributed by atoms with van der Waals surface area (Å²) in [5.74, 6) is 0. The molecule has 0 aromatic carbocycles. The Hall–Kier alpha value is -0.0800. The van der Waals surface area contributed by atoms with E-state index in [0.29, 0.717) is 5.54 Å². The van der Waals surface area contributed by atoms with Crippen molar-refractivity contribution in [3.63, 3.8) is 0 Å². The Balaban J connectivity index is 1.66. The van der Waals surface area contributed by atoms with Crippen molar-refractivity contribution in [1.29, 1.82) is 0 Å². The zero-order valence-electron chi connectivity index (χ0n) is 6.97. The molecular weight excluding hydrogens is 136 g/mol. The minimum atomic E-state index is 0.586. The maximum atomic E-state index is 3.59. The number of nitrogens with zero attached hydrogens (tertiary/aromatic N) is 1. The Labute approximate surface area is 68.0 Å². The van der Waals surface area contributed by atoms with Crippen LogP contribution >= 0.6 is 0 Å². The van der Waals surface area contributed by atoms with Crippen molar-refractivity contribution in [3.05, 3.63) is 0 Å². The monoisotopic (exact) mass is 152 g/mol. The fourth-order valence-electron chi connectivity index (χ4n) is 2.48. The van der Waals surface area contributed by atoms with Crippen LogP contribution in [0.5, 0.6) is 0 Å². The minimum absolute atomic E-state index is 0.586. The van der Waals surface area contributed by atoms with Crippen LogP contribution in [0.1, 0.15) is 25.7 Å². The molecule has 3 rings (SSSR count). The zero-order valence-corrected chi connectivity index (χ0v) is 6.97. The van der Waals surface area contributed by atoms with Crippen LogP contribution < -0.4 is 5.32 Å². The molecule has 1 spiro atoms. The van der Waals surface area contributed by atoms with Gasteiger partial charge < -0.3 is 5.32 Å². The number of hydrogen-bond acceptors (Lipinski definition) is 2. The Morgan fingerprint density at radius 1 is 1.27 bits per heavy atom. The van der Waals surface area contributed by atoms with Crippen LogP contribution in [-0.2, 0) is 0 Å². The van der Waals surface area contributed by atoms with Gasteiger partial charge in [0, 0.05) is 24.7 Å². The molecule has 1 aliphatic carbocycles. The van der Waals surface area contributed by atoms with Crippen LogP contribution in [0.25, 0.3) is 0 Å². The summed E-state index contributed by atoms with van der Waals surface area (Å²) < 4.78 is 0. The first-order valence-corrected chi connectivity index (χ1v) is 4.87. The number of rotatable bonds is 1. The molecule has 3 fully saturated rings. The van der Waals surface area contributed by atoms with E-state index in [0.717, 1.165) is 6.04 Å². The van der Waals surface area contributed by atoms with Crippen LogP contribution in [0.15, 0.2) is 0 Å². The SMILES string of the molecule is C1C[C@@]2(CCN(C3CC3)C2)N1. The van der Waals surface area contributed by atoms with Crippen molar-refractivity contribution in [2.45, 2.75) is 37.3 Å². The largest absolute Gasteiger partial charge is 0.310 e. The van der Waals surface area contributed by atoms with Gasteiger partial charge in [-0.05, 0) is 32.2 Å². The molecule has 2 saturated heterocycles. The molecule has 0 aromatic heterocycles. The highest BCUT2D eigenvalue weighted by atomic mass is 15.3. The number of hydrogen-bond donors (Lipinski definition) is 1. The van der Waals surface area contributed by atoms with Crippen LogP contribution in [0.4, 0.5) is 0 Å². The second-order valence-electron chi connectivity index (χ2n) is 4.41. The summed E-state index contributed by atoms with van der Waals surface area (Å²) in [4.78, 5) is 2.69. The molecule has 1 N–H and O–H groups in total. The van der Waals surface area contributed by atoms with Gasteiger partial charge in [-0.1, -0.05) is 0 Å². The minimum Gasteiger partial charge on any atom is -0.310 e. The Bertz CT molecular complexity index is 170. The van der Waals surface area contributed by atoms with Gasteiger partial charge in [0.2, 0.25) is 0 Å². The van der Waals surface area contributed by atoms with Crippen molar-refractivity contribution >= 4 is 0 Å². The molecule has 1 atom stereocenters. The number of nitrogens with one attached hydrogen (secondary N) is 1. The molecule has 2 aliphatic heterocycles. The second-order valence-corrected chi connectivity index (χ2v) is 4.41. The third-order valence-electron chi connectivity index (χ3n) is 3.55. The van der Waals surface area contributed by atoms with Crippen molar-refractivity contribution in [3.8, 4) is 0 Å². The lowest BCUT2D eigenvalue weighted by Crippen LogP contribution is -2.58. The second kappa shape index (κ2) is 1.99. The van der Waals surface area contributed by atoms with Crippen molar-refractivity contribution in [2.75, 3.05) is 19.6 Å². The van der Waals surface area contributed by atoms with E-state index in [-0.39, 0.29) is 0 Å². The van der Waals surface area contributed by atoms with Gasteiger partial charge in [0.1, 0.15) is 0 Å². The Kier molecular flexibility index (Phi) is 1.16. The van der Waals surface area contributed by atoms with E-state index < -0.39 is 0 Å². The third-order valence-corrected chi connectivity index (χ3v) is 3.55. The zero-order chi connectivity index (χ0) is 7.31. The average molecular weight is 152 g/mol. The smallest absolute Gasteiger partial charge is 0.0333 e. The van der Waals surface area contributed by atoms with Crippen LogP contribution in [0, 0.1) is 0 Å². The molecule has 11 heavy (non-hydrogen) atoms. The van der Waals surface area contributed by atoms with E-state index in [1.54, 1.807) is 0 Å². The summed E-state index contributed by atoms with van der Waals surface area (Å²) in [6, 6.07) is 0.983. The molecule has 0 aromatic rings. The van der Waals surface area contributed by atoms with E-state index in [9.17, 15) is 0 Å². The van der Waals surface area contributed by atoms with E-state index in [1.165, 1.54) is 45.3 Å². The molecule has 0 unspecified atom stereocenters. The maximum absolute atomic E-state index is 3.59. The summed E-state index contributed by atoms with van der Waals surface area (Å²) in [5.41, 5.74) is 0.586. The highest BCUT2D eigenvalue weighted by Crippen LogP contribution is 2.36. The van der Waals surface area contributed by atoms with E-state index in [4.69, 9.17) is 0 Å². The predicted molar refractivity (Wildman–Crippen MR) is 44.6 cm³/mol. The molecule has 0 radical (unpaired) electrons. The summed E-state index contributed by atoms with van der Waals surface area (Å²) in [6.07, 6.45) is 5.77. The molecule has 0 bridgehead atoms. The average Bonchev–Trinajstić information content (AvgIpc) is 2.67. The van der Waals surface area contributed by atoms with Gasteiger partial charge in [-0.25, -0.2) is 0 Å². The Morgan fingerprint density at radius 2 is 2.09 bits per heavy atom. The quantitative estimate of drug-likeness (QED) is 0.591. The molecule has 0 amide bonds. The van der Waals surface area contributed by atoms with Crippen molar-refractivity contribution < 1.29 is 0 Å². The van der Waals surface area contributed by atoms with Crippen LogP contribution in [0.2, 0.25) is 0 Å². The summed E-state index contributed by atoms with van der Waals surface area (Å²) in [6.45, 7) is 3.97. The summed E-state index contributed by atoms with van der Waals surface area (Å²) >= 11 is 0. The molecular formula is C9H16N2. The van der Waals surface area contributed by atoms with Gasteiger partial charge in [0.25, 0.3) is 0 Å². The van der Waals surface area contributed by atoms with E-state index >= 15 is 0 Å². The van der Waals surface area contributed by atoms with E-state index in [1.807, 2.05) is 0 Å². The van der Waals surface area contributed by atoms with Gasteiger partial charge in [-0.2, -0.15) is 0 Å². The van der Waals surface area contributed by atoms with Gasteiger partial charge >= 0.3 is 0 Å². The Morgan fingerprint density at radius 3 is 2.55 bits per heavy atom. The lowest BCUT2D eigenvalue weighted by atomic mass is 9.87. The fourth-order valence-corrected chi connectivity index (χ4v) is 2.48. The fraction of sp³-hybridized carbons (Fsp3) is 1.00. The lowest BCUT2D eigenvalue weighted by Gasteiger charge is -2.40. The highest BCUT2D eigenvalue weighted by Gasteiger charge is 2.45. The summed E-state index contributed by atoms with van der Waals surface area (Å²) in [7, 11) is 0. The van der Waals surface area contributed by atoms with Crippen LogP contribution in [0.3, 0.4) is 0 Å². The predicted octanol–water partition coefficient (Wildman–Crippen LogP) is 0.587. The first kappa shape index (κ1) is 6.44. The standard InChI is InChI=1S/C9H16N2/c1-2-8(1)11-6-4-9(7-11)3-5-10-9/h8,10H,1-7H2/t9-/m0/s1. The van der Waals surface area contributed by atoms with Gasteiger partial charge in [-0.15, -0.1) is 0 Å².